The molecule has 7 nitrogen and oxygen atoms in total. The number of carbonyl (C=O) groups excluding carboxylic acids is 2. The zero-order chi connectivity index (χ0) is 32.2. The van der Waals surface area contributed by atoms with Gasteiger partial charge < -0.3 is 25.7 Å². The van der Waals surface area contributed by atoms with Crippen LogP contribution in [-0.4, -0.2) is 48.4 Å². The first-order valence-corrected chi connectivity index (χ1v) is 15.9. The van der Waals surface area contributed by atoms with Gasteiger partial charge in [-0.2, -0.15) is 0 Å². The fourth-order valence-electron chi connectivity index (χ4n) is 5.38. The number of carbonyl (C=O) groups is 2. The third-order valence-electron chi connectivity index (χ3n) is 8.10. The lowest BCUT2D eigenvalue weighted by Crippen LogP contribution is -2.47. The molecule has 4 N–H and O–H groups in total. The molecule has 43 heavy (non-hydrogen) atoms. The Morgan fingerprint density at radius 1 is 0.767 bits per heavy atom. The Hall–Kier alpha value is -2.74. The van der Waals surface area contributed by atoms with Gasteiger partial charge in [0.15, 0.2) is 0 Å². The fourth-order valence-corrected chi connectivity index (χ4v) is 5.38. The number of hydrogen-bond acceptors (Lipinski definition) is 7. The van der Waals surface area contributed by atoms with Gasteiger partial charge >= 0.3 is 11.9 Å². The Morgan fingerprint density at radius 2 is 1.33 bits per heavy atom. The van der Waals surface area contributed by atoms with E-state index in [1.54, 1.807) is 13.8 Å². The van der Waals surface area contributed by atoms with E-state index in [0.29, 0.717) is 25.4 Å². The van der Waals surface area contributed by atoms with Gasteiger partial charge in [0.1, 0.15) is 24.3 Å². The molecular weight excluding hydrogens is 540 g/mol. The van der Waals surface area contributed by atoms with Crippen molar-refractivity contribution in [2.24, 2.45) is 23.3 Å². The van der Waals surface area contributed by atoms with E-state index in [4.69, 9.17) is 25.7 Å². The van der Waals surface area contributed by atoms with Gasteiger partial charge in [0, 0.05) is 24.9 Å². The standard InChI is InChI=1S/C36H56N2O5/c1-9-21-41-36(7,8)32(22-28-13-11-10-12-14-28)33(43-35(40)26(5)38)23-29-16-18-30(19-17-29)31(20-15-24(2)3)27(6)42-34(39)25(4)37/h10-14,16-19,24-27,31-33H,9,15,20-23,37-38H2,1-8H3/t25-,26-,27-,31-,32-,33-/m0/s1. The monoisotopic (exact) mass is 596 g/mol. The van der Waals surface area contributed by atoms with Gasteiger partial charge in [0.2, 0.25) is 0 Å². The molecule has 0 saturated heterocycles. The molecule has 0 aromatic heterocycles. The largest absolute Gasteiger partial charge is 0.461 e. The third kappa shape index (κ3) is 12.0. The fraction of sp³-hybridized carbons (Fsp3) is 0.611. The molecule has 0 saturated carbocycles. The number of esters is 2. The minimum atomic E-state index is -0.732. The lowest BCUT2D eigenvalue weighted by atomic mass is 9.78. The lowest BCUT2D eigenvalue weighted by Gasteiger charge is -2.39. The highest BCUT2D eigenvalue weighted by molar-refractivity contribution is 5.75. The van der Waals surface area contributed by atoms with Gasteiger partial charge in [-0.15, -0.1) is 0 Å². The van der Waals surface area contributed by atoms with E-state index < -0.39 is 35.7 Å². The normalized spacial score (nSPS) is 16.2. The summed E-state index contributed by atoms with van der Waals surface area (Å²) in [4.78, 5) is 25.2. The van der Waals surface area contributed by atoms with Crippen molar-refractivity contribution in [3.05, 3.63) is 71.3 Å². The highest BCUT2D eigenvalue weighted by Crippen LogP contribution is 2.34. The first kappa shape index (κ1) is 36.5. The first-order chi connectivity index (χ1) is 20.2. The molecule has 0 aliphatic rings. The summed E-state index contributed by atoms with van der Waals surface area (Å²) in [6.07, 6.45) is 3.22. The molecule has 0 unspecified atom stereocenters. The summed E-state index contributed by atoms with van der Waals surface area (Å²) in [5.41, 5.74) is 14.5. The van der Waals surface area contributed by atoms with Crippen molar-refractivity contribution >= 4 is 11.9 Å². The highest BCUT2D eigenvalue weighted by Gasteiger charge is 2.39. The third-order valence-corrected chi connectivity index (χ3v) is 8.10. The van der Waals surface area contributed by atoms with Crippen LogP contribution in [0.25, 0.3) is 0 Å². The van der Waals surface area contributed by atoms with E-state index >= 15 is 0 Å². The Morgan fingerprint density at radius 3 is 1.86 bits per heavy atom. The maximum absolute atomic E-state index is 12.9. The van der Waals surface area contributed by atoms with Crippen LogP contribution in [0.5, 0.6) is 0 Å². The molecule has 0 heterocycles. The van der Waals surface area contributed by atoms with Gasteiger partial charge in [-0.05, 0) is 76.5 Å². The van der Waals surface area contributed by atoms with Gasteiger partial charge in [-0.25, -0.2) is 0 Å². The molecule has 2 aromatic rings. The second-order valence-electron chi connectivity index (χ2n) is 13.0. The summed E-state index contributed by atoms with van der Waals surface area (Å²) in [6, 6.07) is 17.2. The van der Waals surface area contributed by atoms with Crippen LogP contribution in [0, 0.1) is 11.8 Å². The molecule has 0 fully saturated rings. The second kappa shape index (κ2) is 17.5. The minimum absolute atomic E-state index is 0.0399. The Balaban J connectivity index is 2.42. The zero-order valence-electron chi connectivity index (χ0n) is 27.7. The average molecular weight is 597 g/mol. The van der Waals surface area contributed by atoms with Crippen molar-refractivity contribution < 1.29 is 23.8 Å². The topological polar surface area (TPSA) is 114 Å². The van der Waals surface area contributed by atoms with Crippen LogP contribution in [0.3, 0.4) is 0 Å². The molecule has 0 aliphatic heterocycles. The van der Waals surface area contributed by atoms with Crippen molar-refractivity contribution in [2.75, 3.05) is 6.61 Å². The summed E-state index contributed by atoms with van der Waals surface area (Å²) in [7, 11) is 0. The predicted molar refractivity (Wildman–Crippen MR) is 174 cm³/mol. The smallest absolute Gasteiger partial charge is 0.322 e. The number of ether oxygens (including phenoxy) is 3. The Kier molecular flexibility index (Phi) is 14.9. The number of rotatable bonds is 18. The van der Waals surface area contributed by atoms with E-state index in [2.05, 4.69) is 71.0 Å². The van der Waals surface area contributed by atoms with Crippen molar-refractivity contribution in [1.82, 2.24) is 0 Å². The van der Waals surface area contributed by atoms with Crippen molar-refractivity contribution in [3.8, 4) is 0 Å². The Labute approximate surface area is 260 Å². The molecule has 2 aromatic carbocycles. The van der Waals surface area contributed by atoms with Gasteiger partial charge in [-0.1, -0.05) is 81.8 Å². The molecule has 2 rings (SSSR count). The second-order valence-corrected chi connectivity index (χ2v) is 13.0. The van der Waals surface area contributed by atoms with E-state index in [-0.39, 0.29) is 17.9 Å². The molecule has 240 valence electrons. The number of hydrogen-bond donors (Lipinski definition) is 2. The van der Waals surface area contributed by atoms with Crippen molar-refractivity contribution in [3.63, 3.8) is 0 Å². The molecule has 7 heteroatoms. The van der Waals surface area contributed by atoms with Crippen molar-refractivity contribution in [2.45, 2.75) is 123 Å². The van der Waals surface area contributed by atoms with Crippen LogP contribution in [-0.2, 0) is 36.6 Å². The number of nitrogens with two attached hydrogens (primary N) is 2. The minimum Gasteiger partial charge on any atom is -0.461 e. The van der Waals surface area contributed by atoms with Crippen LogP contribution < -0.4 is 11.5 Å². The average Bonchev–Trinajstić information content (AvgIpc) is 2.95. The quantitative estimate of drug-likeness (QED) is 0.193. The van der Waals surface area contributed by atoms with E-state index in [1.807, 2.05) is 25.1 Å². The van der Waals surface area contributed by atoms with Gasteiger partial charge in [-0.3, -0.25) is 9.59 Å². The molecule has 0 aliphatic carbocycles. The van der Waals surface area contributed by atoms with Crippen LogP contribution in [0.15, 0.2) is 54.6 Å². The van der Waals surface area contributed by atoms with Gasteiger partial charge in [0.25, 0.3) is 0 Å². The molecule has 0 radical (unpaired) electrons. The summed E-state index contributed by atoms with van der Waals surface area (Å²) in [5, 5.41) is 0. The van der Waals surface area contributed by atoms with Gasteiger partial charge in [0.05, 0.1) is 5.60 Å². The summed E-state index contributed by atoms with van der Waals surface area (Å²) >= 11 is 0. The zero-order valence-corrected chi connectivity index (χ0v) is 27.7. The highest BCUT2D eigenvalue weighted by atomic mass is 16.6. The summed E-state index contributed by atoms with van der Waals surface area (Å²) in [5.74, 6) is -0.379. The van der Waals surface area contributed by atoms with Crippen LogP contribution in [0.4, 0.5) is 0 Å². The SMILES string of the molecule is CCCOC(C)(C)[C@@H](Cc1ccccc1)[C@H](Cc1ccc([C@@H](CCC(C)C)[C@H](C)OC(=O)[C@H](C)N)cc1)OC(=O)[C@H](C)N. The van der Waals surface area contributed by atoms with Crippen LogP contribution in [0.2, 0.25) is 0 Å². The molecule has 0 amide bonds. The van der Waals surface area contributed by atoms with E-state index in [0.717, 1.165) is 36.0 Å². The lowest BCUT2D eigenvalue weighted by molar-refractivity contribution is -0.162. The van der Waals surface area contributed by atoms with E-state index in [9.17, 15) is 9.59 Å². The maximum atomic E-state index is 12.9. The molecule has 0 bridgehead atoms. The molecule has 0 spiro atoms. The summed E-state index contributed by atoms with van der Waals surface area (Å²) < 4.78 is 18.3. The van der Waals surface area contributed by atoms with Crippen molar-refractivity contribution in [1.29, 1.82) is 0 Å². The maximum Gasteiger partial charge on any atom is 0.322 e. The van der Waals surface area contributed by atoms with Crippen LogP contribution >= 0.6 is 0 Å². The predicted octanol–water partition coefficient (Wildman–Crippen LogP) is 6.35. The van der Waals surface area contributed by atoms with Crippen LogP contribution in [0.1, 0.15) is 97.3 Å². The number of benzene rings is 2. The Bertz CT molecular complexity index is 1100. The first-order valence-electron chi connectivity index (χ1n) is 15.9. The van der Waals surface area contributed by atoms with E-state index in [1.165, 1.54) is 0 Å². The summed E-state index contributed by atoms with van der Waals surface area (Å²) in [6.45, 7) is 16.5. The molecular formula is C36H56N2O5. The molecule has 6 atom stereocenters.